The van der Waals surface area contributed by atoms with Gasteiger partial charge in [-0.15, -0.1) is 0 Å². The molecule has 0 radical (unpaired) electrons. The van der Waals surface area contributed by atoms with Gasteiger partial charge in [0.25, 0.3) is 0 Å². The Morgan fingerprint density at radius 2 is 1.94 bits per heavy atom. The lowest BCUT2D eigenvalue weighted by atomic mass is 10.2. The lowest BCUT2D eigenvalue weighted by Crippen LogP contribution is -2.17. The van der Waals surface area contributed by atoms with E-state index in [1.54, 1.807) is 6.20 Å². The molecule has 1 N–H and O–H groups in total. The first kappa shape index (κ1) is 10.7. The van der Waals surface area contributed by atoms with Gasteiger partial charge in [0, 0.05) is 25.1 Å². The van der Waals surface area contributed by atoms with Crippen LogP contribution in [0, 0.1) is 0 Å². The summed E-state index contributed by atoms with van der Waals surface area (Å²) >= 11 is 0. The van der Waals surface area contributed by atoms with Crippen molar-refractivity contribution in [3.05, 3.63) is 54.1 Å². The summed E-state index contributed by atoms with van der Waals surface area (Å²) in [6, 6.07) is 7.92. The van der Waals surface area contributed by atoms with Gasteiger partial charge in [-0.2, -0.15) is 10.2 Å². The van der Waals surface area contributed by atoms with Gasteiger partial charge >= 0.3 is 0 Å². The first-order chi connectivity index (χ1) is 7.95. The first-order valence-corrected chi connectivity index (χ1v) is 5.31. The number of hydrogen-bond donors (Lipinski definition) is 1. The van der Waals surface area contributed by atoms with E-state index in [1.807, 2.05) is 36.7 Å². The standard InChI is InChI=1S/C12H14N4/c1-2-12(16-15-6-1)10-14-9-5-11-3-7-13-8-4-11/h1-4,6-8,14H,5,9-10H2. The number of rotatable bonds is 5. The molecule has 4 nitrogen and oxygen atoms in total. The smallest absolute Gasteiger partial charge is 0.0768 e. The lowest BCUT2D eigenvalue weighted by Gasteiger charge is -2.03. The zero-order valence-corrected chi connectivity index (χ0v) is 9.00. The third-order valence-corrected chi connectivity index (χ3v) is 2.27. The molecule has 2 aromatic heterocycles. The topological polar surface area (TPSA) is 50.7 Å². The molecule has 0 spiro atoms. The van der Waals surface area contributed by atoms with Crippen molar-refractivity contribution in [3.8, 4) is 0 Å². The van der Waals surface area contributed by atoms with E-state index in [0.717, 1.165) is 25.2 Å². The number of pyridine rings is 1. The van der Waals surface area contributed by atoms with Crippen LogP contribution in [0.5, 0.6) is 0 Å². The van der Waals surface area contributed by atoms with Gasteiger partial charge in [0.1, 0.15) is 0 Å². The molecule has 4 heteroatoms. The third-order valence-electron chi connectivity index (χ3n) is 2.27. The van der Waals surface area contributed by atoms with Crippen molar-refractivity contribution in [3.63, 3.8) is 0 Å². The highest BCUT2D eigenvalue weighted by Gasteiger charge is 1.94. The highest BCUT2D eigenvalue weighted by Crippen LogP contribution is 1.96. The van der Waals surface area contributed by atoms with Crippen LogP contribution in [0.15, 0.2) is 42.9 Å². The number of nitrogens with zero attached hydrogens (tertiary/aromatic N) is 3. The molecule has 0 fully saturated rings. The minimum absolute atomic E-state index is 0.763. The summed E-state index contributed by atoms with van der Waals surface area (Å²) in [5.41, 5.74) is 2.26. The second kappa shape index (κ2) is 5.92. The Bertz CT molecular complexity index is 360. The van der Waals surface area contributed by atoms with Crippen LogP contribution in [0.4, 0.5) is 0 Å². The van der Waals surface area contributed by atoms with Gasteiger partial charge in [-0.1, -0.05) is 0 Å². The van der Waals surface area contributed by atoms with Gasteiger partial charge in [0.2, 0.25) is 0 Å². The first-order valence-electron chi connectivity index (χ1n) is 5.31. The Labute approximate surface area is 94.8 Å². The minimum Gasteiger partial charge on any atom is -0.311 e. The molecular weight excluding hydrogens is 200 g/mol. The molecule has 0 amide bonds. The summed E-state index contributed by atoms with van der Waals surface area (Å²) < 4.78 is 0. The number of nitrogens with one attached hydrogen (secondary N) is 1. The molecule has 0 saturated heterocycles. The molecule has 2 heterocycles. The quantitative estimate of drug-likeness (QED) is 0.760. The maximum absolute atomic E-state index is 4.00. The average molecular weight is 214 g/mol. The summed E-state index contributed by atoms with van der Waals surface area (Å²) in [5.74, 6) is 0. The van der Waals surface area contributed by atoms with Crippen molar-refractivity contribution in [2.75, 3.05) is 6.54 Å². The van der Waals surface area contributed by atoms with Crippen LogP contribution >= 0.6 is 0 Å². The normalized spacial score (nSPS) is 10.2. The van der Waals surface area contributed by atoms with Crippen LogP contribution in [0.1, 0.15) is 11.3 Å². The van der Waals surface area contributed by atoms with E-state index in [-0.39, 0.29) is 0 Å². The largest absolute Gasteiger partial charge is 0.311 e. The number of hydrogen-bond acceptors (Lipinski definition) is 4. The van der Waals surface area contributed by atoms with E-state index in [9.17, 15) is 0 Å². The average Bonchev–Trinajstić information content (AvgIpc) is 2.37. The molecule has 0 saturated carbocycles. The van der Waals surface area contributed by atoms with Crippen molar-refractivity contribution >= 4 is 0 Å². The van der Waals surface area contributed by atoms with Crippen molar-refractivity contribution in [1.82, 2.24) is 20.5 Å². The summed E-state index contributed by atoms with van der Waals surface area (Å²) in [7, 11) is 0. The fourth-order valence-corrected chi connectivity index (χ4v) is 1.43. The summed E-state index contributed by atoms with van der Waals surface area (Å²) in [6.07, 6.45) is 6.32. The second-order valence-electron chi connectivity index (χ2n) is 3.50. The van der Waals surface area contributed by atoms with Crippen LogP contribution in [0.2, 0.25) is 0 Å². The van der Waals surface area contributed by atoms with Crippen LogP contribution in [-0.4, -0.2) is 21.7 Å². The molecule has 0 aliphatic rings. The highest BCUT2D eigenvalue weighted by atomic mass is 15.1. The lowest BCUT2D eigenvalue weighted by molar-refractivity contribution is 0.666. The van der Waals surface area contributed by atoms with E-state index in [4.69, 9.17) is 0 Å². The van der Waals surface area contributed by atoms with Crippen LogP contribution in [-0.2, 0) is 13.0 Å². The predicted octanol–water partition coefficient (Wildman–Crippen LogP) is 1.20. The van der Waals surface area contributed by atoms with Crippen LogP contribution in [0.3, 0.4) is 0 Å². The van der Waals surface area contributed by atoms with Crippen LogP contribution in [0.25, 0.3) is 0 Å². The second-order valence-corrected chi connectivity index (χ2v) is 3.50. The zero-order chi connectivity index (χ0) is 11.1. The number of aromatic nitrogens is 3. The molecule has 0 atom stereocenters. The van der Waals surface area contributed by atoms with Crippen LogP contribution < -0.4 is 5.32 Å². The highest BCUT2D eigenvalue weighted by molar-refractivity contribution is 5.09. The van der Waals surface area contributed by atoms with Crippen molar-refractivity contribution in [2.24, 2.45) is 0 Å². The summed E-state index contributed by atoms with van der Waals surface area (Å²) in [4.78, 5) is 3.98. The van der Waals surface area contributed by atoms with Gasteiger partial charge in [0.15, 0.2) is 0 Å². The van der Waals surface area contributed by atoms with E-state index < -0.39 is 0 Å². The molecule has 0 bridgehead atoms. The Kier molecular flexibility index (Phi) is 3.96. The van der Waals surface area contributed by atoms with Crippen molar-refractivity contribution in [2.45, 2.75) is 13.0 Å². The molecule has 0 aliphatic heterocycles. The maximum atomic E-state index is 4.00. The van der Waals surface area contributed by atoms with Crippen molar-refractivity contribution < 1.29 is 0 Å². The van der Waals surface area contributed by atoms with Gasteiger partial charge in [0.05, 0.1) is 5.69 Å². The van der Waals surface area contributed by atoms with E-state index in [0.29, 0.717) is 0 Å². The van der Waals surface area contributed by atoms with Gasteiger partial charge in [-0.3, -0.25) is 4.98 Å². The SMILES string of the molecule is c1cnnc(CNCCc2ccncc2)c1. The summed E-state index contributed by atoms with van der Waals surface area (Å²) in [5, 5.41) is 11.2. The van der Waals surface area contributed by atoms with Gasteiger partial charge in [-0.25, -0.2) is 0 Å². The summed E-state index contributed by atoms with van der Waals surface area (Å²) in [6.45, 7) is 1.69. The zero-order valence-electron chi connectivity index (χ0n) is 9.00. The molecule has 2 aromatic rings. The third kappa shape index (κ3) is 3.40. The molecule has 0 unspecified atom stereocenters. The van der Waals surface area contributed by atoms with E-state index >= 15 is 0 Å². The Balaban J connectivity index is 1.70. The van der Waals surface area contributed by atoms with Gasteiger partial charge in [-0.05, 0) is 42.8 Å². The minimum atomic E-state index is 0.763. The molecule has 16 heavy (non-hydrogen) atoms. The Morgan fingerprint density at radius 1 is 1.06 bits per heavy atom. The molecular formula is C12H14N4. The Morgan fingerprint density at radius 3 is 2.69 bits per heavy atom. The maximum Gasteiger partial charge on any atom is 0.0768 e. The Hall–Kier alpha value is -1.81. The van der Waals surface area contributed by atoms with E-state index in [2.05, 4.69) is 20.5 Å². The molecule has 2 rings (SSSR count). The fraction of sp³-hybridized carbons (Fsp3) is 0.250. The van der Waals surface area contributed by atoms with E-state index in [1.165, 1.54) is 5.56 Å². The molecule has 0 aliphatic carbocycles. The monoisotopic (exact) mass is 214 g/mol. The molecule has 0 aromatic carbocycles. The fourth-order valence-electron chi connectivity index (χ4n) is 1.43. The van der Waals surface area contributed by atoms with Crippen molar-refractivity contribution in [1.29, 1.82) is 0 Å². The predicted molar refractivity (Wildman–Crippen MR) is 61.7 cm³/mol. The van der Waals surface area contributed by atoms with Gasteiger partial charge < -0.3 is 5.32 Å². The molecule has 82 valence electrons.